The lowest BCUT2D eigenvalue weighted by atomic mass is 10.1. The highest BCUT2D eigenvalue weighted by molar-refractivity contribution is 7.18. The van der Waals surface area contributed by atoms with Crippen molar-refractivity contribution in [3.8, 4) is 0 Å². The summed E-state index contributed by atoms with van der Waals surface area (Å²) in [4.78, 5) is 41.1. The summed E-state index contributed by atoms with van der Waals surface area (Å²) in [5, 5.41) is 3.16. The highest BCUT2D eigenvalue weighted by atomic mass is 32.1. The Morgan fingerprint density at radius 2 is 1.81 bits per heavy atom. The minimum atomic E-state index is -0.535. The summed E-state index contributed by atoms with van der Waals surface area (Å²) in [6.45, 7) is 8.02. The number of carbonyl (C=O) groups excluding carboxylic acids is 3. The second-order valence-electron chi connectivity index (χ2n) is 6.78. The number of nitrogens with one attached hydrogen (secondary N) is 1. The van der Waals surface area contributed by atoms with E-state index >= 15 is 0 Å². The van der Waals surface area contributed by atoms with Crippen LogP contribution in [0, 0.1) is 6.92 Å². The molecule has 0 saturated carbocycles. The number of esters is 1. The van der Waals surface area contributed by atoms with Crippen molar-refractivity contribution in [3.63, 3.8) is 0 Å². The molecule has 2 amide bonds. The molecule has 1 rings (SSSR count). The van der Waals surface area contributed by atoms with Crippen molar-refractivity contribution in [2.45, 2.75) is 46.6 Å². The van der Waals surface area contributed by atoms with Gasteiger partial charge in [-0.15, -0.1) is 11.3 Å². The van der Waals surface area contributed by atoms with Crippen LogP contribution < -0.4 is 5.32 Å². The third-order valence-electron chi connectivity index (χ3n) is 4.33. The van der Waals surface area contributed by atoms with Crippen molar-refractivity contribution in [1.82, 2.24) is 9.80 Å². The van der Waals surface area contributed by atoms with Crippen LogP contribution >= 0.6 is 11.3 Å². The van der Waals surface area contributed by atoms with E-state index in [0.29, 0.717) is 15.4 Å². The van der Waals surface area contributed by atoms with E-state index in [1.807, 2.05) is 11.9 Å². The molecule has 0 aliphatic carbocycles. The van der Waals surface area contributed by atoms with Gasteiger partial charge in [-0.2, -0.15) is 0 Å². The van der Waals surface area contributed by atoms with Crippen LogP contribution in [0.15, 0.2) is 0 Å². The van der Waals surface area contributed by atoms with Crippen LogP contribution in [0.5, 0.6) is 0 Å². The Bertz CT molecular complexity index is 685. The van der Waals surface area contributed by atoms with Gasteiger partial charge in [0.15, 0.2) is 0 Å². The van der Waals surface area contributed by atoms with E-state index in [1.165, 1.54) is 4.90 Å². The minimum Gasteiger partial charge on any atom is -0.462 e. The van der Waals surface area contributed by atoms with Gasteiger partial charge in [-0.25, -0.2) is 4.79 Å². The van der Waals surface area contributed by atoms with Gasteiger partial charge in [0.05, 0.1) is 23.6 Å². The second kappa shape index (κ2) is 10.4. The normalized spacial score (nSPS) is 12.0. The van der Waals surface area contributed by atoms with Crippen LogP contribution in [0.25, 0.3) is 0 Å². The molecule has 1 aromatic heterocycles. The number of amides is 2. The molecule has 1 N–H and O–H groups in total. The molecular weight excluding hydrogens is 366 g/mol. The highest BCUT2D eigenvalue weighted by Crippen LogP contribution is 2.34. The quantitative estimate of drug-likeness (QED) is 0.648. The zero-order valence-corrected chi connectivity index (χ0v) is 18.2. The first kappa shape index (κ1) is 23.1. The average Bonchev–Trinajstić information content (AvgIpc) is 2.90. The predicted octanol–water partition coefficient (Wildman–Crippen LogP) is 2.99. The molecular formula is C19H31N3O4S. The fraction of sp³-hybridized carbons (Fsp3) is 0.632. The monoisotopic (exact) mass is 397 g/mol. The van der Waals surface area contributed by atoms with Crippen LogP contribution in [0.4, 0.5) is 5.00 Å². The lowest BCUT2D eigenvalue weighted by Gasteiger charge is -2.23. The summed E-state index contributed by atoms with van der Waals surface area (Å²) in [6, 6.07) is 0.279. The summed E-state index contributed by atoms with van der Waals surface area (Å²) in [6.07, 6.45) is 2.04. The van der Waals surface area contributed by atoms with E-state index in [0.717, 1.165) is 24.2 Å². The van der Waals surface area contributed by atoms with Crippen molar-refractivity contribution in [1.29, 1.82) is 0 Å². The van der Waals surface area contributed by atoms with Gasteiger partial charge in [0.2, 0.25) is 5.91 Å². The lowest BCUT2D eigenvalue weighted by molar-refractivity contribution is -0.117. The number of rotatable bonds is 9. The van der Waals surface area contributed by atoms with E-state index in [1.54, 1.807) is 27.9 Å². The number of nitrogens with zero attached hydrogens (tertiary/aromatic N) is 2. The number of hydrogen-bond acceptors (Lipinski definition) is 6. The number of carbonyl (C=O) groups is 3. The summed E-state index contributed by atoms with van der Waals surface area (Å²) < 4.78 is 5.12. The fourth-order valence-electron chi connectivity index (χ4n) is 2.64. The van der Waals surface area contributed by atoms with Crippen molar-refractivity contribution >= 4 is 34.1 Å². The zero-order valence-electron chi connectivity index (χ0n) is 17.3. The highest BCUT2D eigenvalue weighted by Gasteiger charge is 2.27. The van der Waals surface area contributed by atoms with E-state index < -0.39 is 5.97 Å². The molecule has 8 heteroatoms. The molecule has 0 saturated heterocycles. The minimum absolute atomic E-state index is 0.206. The Hall–Kier alpha value is -1.93. The molecule has 1 heterocycles. The number of anilines is 1. The average molecular weight is 398 g/mol. The third-order valence-corrected chi connectivity index (χ3v) is 5.53. The Morgan fingerprint density at radius 1 is 1.19 bits per heavy atom. The molecule has 0 radical (unpaired) electrons. The molecule has 0 bridgehead atoms. The third kappa shape index (κ3) is 6.04. The number of thiophene rings is 1. The van der Waals surface area contributed by atoms with Crippen LogP contribution in [0.2, 0.25) is 0 Å². The van der Waals surface area contributed by atoms with Gasteiger partial charge in [-0.1, -0.05) is 13.3 Å². The number of hydrogen-bond donors (Lipinski definition) is 1. The smallest absolute Gasteiger partial charge is 0.341 e. The first-order chi connectivity index (χ1) is 12.6. The van der Waals surface area contributed by atoms with E-state index in [-0.39, 0.29) is 36.6 Å². The Kier molecular flexibility index (Phi) is 8.92. The second-order valence-corrected chi connectivity index (χ2v) is 7.80. The van der Waals surface area contributed by atoms with Crippen LogP contribution in [0.1, 0.15) is 59.2 Å². The van der Waals surface area contributed by atoms with E-state index in [2.05, 4.69) is 19.2 Å². The van der Waals surface area contributed by atoms with Gasteiger partial charge in [0.1, 0.15) is 5.00 Å². The van der Waals surface area contributed by atoms with Crippen LogP contribution in [0.3, 0.4) is 0 Å². The predicted molar refractivity (Wildman–Crippen MR) is 109 cm³/mol. The molecule has 0 aromatic carbocycles. The van der Waals surface area contributed by atoms with E-state index in [9.17, 15) is 14.4 Å². The molecule has 0 aliphatic heterocycles. The van der Waals surface area contributed by atoms with Crippen LogP contribution in [-0.2, 0) is 9.53 Å². The van der Waals surface area contributed by atoms with Gasteiger partial charge in [0.25, 0.3) is 5.91 Å². The number of ether oxygens (including phenoxy) is 1. The summed E-state index contributed by atoms with van der Waals surface area (Å²) in [5.74, 6) is -0.972. The maximum atomic E-state index is 12.5. The zero-order chi connectivity index (χ0) is 20.7. The molecule has 0 fully saturated rings. The summed E-state index contributed by atoms with van der Waals surface area (Å²) >= 11 is 1.11. The van der Waals surface area contributed by atoms with E-state index in [4.69, 9.17) is 4.74 Å². The first-order valence-corrected chi connectivity index (χ1v) is 9.97. The summed E-state index contributed by atoms with van der Waals surface area (Å²) in [5.41, 5.74) is 0.782. The van der Waals surface area contributed by atoms with Gasteiger partial charge < -0.3 is 15.0 Å². The van der Waals surface area contributed by atoms with Crippen molar-refractivity contribution < 1.29 is 19.1 Å². The van der Waals surface area contributed by atoms with Crippen molar-refractivity contribution in [2.75, 3.05) is 39.6 Å². The topological polar surface area (TPSA) is 79.0 Å². The SMILES string of the molecule is CCC[C@H](C)N(C)CC(=O)Nc1sc(C(=O)N(C)C)c(C)c1C(=O)OCC. The molecule has 0 unspecified atom stereocenters. The first-order valence-electron chi connectivity index (χ1n) is 9.16. The van der Waals surface area contributed by atoms with Crippen molar-refractivity contribution in [2.24, 2.45) is 0 Å². The Morgan fingerprint density at radius 3 is 2.33 bits per heavy atom. The van der Waals surface area contributed by atoms with Crippen molar-refractivity contribution in [3.05, 3.63) is 16.0 Å². The Labute approximate surface area is 165 Å². The molecule has 0 aliphatic rings. The van der Waals surface area contributed by atoms with Gasteiger partial charge in [0, 0.05) is 20.1 Å². The van der Waals surface area contributed by atoms with Crippen LogP contribution in [-0.4, -0.2) is 67.9 Å². The molecule has 7 nitrogen and oxygen atoms in total. The largest absolute Gasteiger partial charge is 0.462 e. The maximum absolute atomic E-state index is 12.5. The van der Waals surface area contributed by atoms with Gasteiger partial charge in [-0.05, 0) is 39.8 Å². The van der Waals surface area contributed by atoms with Gasteiger partial charge in [-0.3, -0.25) is 14.5 Å². The lowest BCUT2D eigenvalue weighted by Crippen LogP contribution is -2.36. The molecule has 27 heavy (non-hydrogen) atoms. The maximum Gasteiger partial charge on any atom is 0.341 e. The fourth-order valence-corrected chi connectivity index (χ4v) is 3.88. The molecule has 0 spiro atoms. The number of likely N-dealkylation sites (N-methyl/N-ethyl adjacent to an activating group) is 1. The summed E-state index contributed by atoms with van der Waals surface area (Å²) in [7, 11) is 5.19. The molecule has 1 aromatic rings. The van der Waals surface area contributed by atoms with Gasteiger partial charge >= 0.3 is 5.97 Å². The Balaban J connectivity index is 3.10. The molecule has 152 valence electrons. The molecule has 1 atom stereocenters. The standard InChI is InChI=1S/C19H31N3O4S/c1-8-10-12(3)22(7)11-14(23)20-17-15(19(25)26-9-2)13(4)16(27-17)18(24)21(5)6/h12H,8-11H2,1-7H3,(H,20,23)/t12-/m0/s1.